The molecule has 0 aromatic carbocycles. The molecule has 1 saturated heterocycles. The van der Waals surface area contributed by atoms with Gasteiger partial charge >= 0.3 is 0 Å². The zero-order valence-corrected chi connectivity index (χ0v) is 12.2. The van der Waals surface area contributed by atoms with Gasteiger partial charge in [0.15, 0.2) is 0 Å². The van der Waals surface area contributed by atoms with Crippen molar-refractivity contribution in [2.24, 2.45) is 0 Å². The molecule has 1 unspecified atom stereocenters. The van der Waals surface area contributed by atoms with Crippen molar-refractivity contribution in [3.8, 4) is 0 Å². The first kappa shape index (κ1) is 14.1. The minimum absolute atomic E-state index is 0.492. The number of rotatable bonds is 5. The second kappa shape index (κ2) is 6.70. The van der Waals surface area contributed by atoms with Crippen molar-refractivity contribution in [3.63, 3.8) is 0 Å². The Morgan fingerprint density at radius 1 is 1.37 bits per heavy atom. The van der Waals surface area contributed by atoms with Crippen LogP contribution in [-0.2, 0) is 0 Å². The van der Waals surface area contributed by atoms with Gasteiger partial charge in [-0.05, 0) is 39.8 Å². The van der Waals surface area contributed by atoms with E-state index < -0.39 is 0 Å². The Morgan fingerprint density at radius 3 is 2.89 bits per heavy atom. The Kier molecular flexibility index (Phi) is 4.96. The van der Waals surface area contributed by atoms with Crippen LogP contribution in [0.2, 0.25) is 0 Å². The monoisotopic (exact) mass is 263 g/mol. The lowest BCUT2D eigenvalue weighted by Crippen LogP contribution is -2.40. The molecule has 0 saturated carbocycles. The summed E-state index contributed by atoms with van der Waals surface area (Å²) in [7, 11) is 2.18. The molecule has 106 valence electrons. The zero-order chi connectivity index (χ0) is 13.7. The van der Waals surface area contributed by atoms with E-state index in [1.165, 1.54) is 19.4 Å². The van der Waals surface area contributed by atoms with Crippen molar-refractivity contribution in [1.82, 2.24) is 14.9 Å². The molecular weight excluding hydrogens is 238 g/mol. The third-order valence-corrected chi connectivity index (χ3v) is 3.59. The van der Waals surface area contributed by atoms with E-state index in [4.69, 9.17) is 0 Å². The maximum absolute atomic E-state index is 4.39. The first-order valence-corrected chi connectivity index (χ1v) is 7.21. The molecule has 1 aromatic rings. The van der Waals surface area contributed by atoms with E-state index in [1.54, 1.807) is 6.33 Å². The fraction of sp³-hybridized carbons (Fsp3) is 0.714. The minimum atomic E-state index is 0.492. The molecule has 1 aromatic heterocycles. The number of nitrogens with zero attached hydrogens (tertiary/aromatic N) is 3. The number of hydrogen-bond acceptors (Lipinski definition) is 5. The normalized spacial score (nSPS) is 20.3. The van der Waals surface area contributed by atoms with Crippen LogP contribution in [0.5, 0.6) is 0 Å². The van der Waals surface area contributed by atoms with E-state index in [1.807, 2.05) is 0 Å². The van der Waals surface area contributed by atoms with Gasteiger partial charge < -0.3 is 15.5 Å². The van der Waals surface area contributed by atoms with Crippen LogP contribution in [0.15, 0.2) is 6.33 Å². The predicted molar refractivity (Wildman–Crippen MR) is 79.7 cm³/mol. The molecule has 5 heteroatoms. The maximum Gasteiger partial charge on any atom is 0.134 e. The molecule has 1 aliphatic heterocycles. The highest BCUT2D eigenvalue weighted by Gasteiger charge is 2.18. The van der Waals surface area contributed by atoms with Crippen LogP contribution in [0.4, 0.5) is 11.6 Å². The molecule has 2 heterocycles. The lowest BCUT2D eigenvalue weighted by molar-refractivity contribution is 0.260. The Labute approximate surface area is 115 Å². The van der Waals surface area contributed by atoms with Gasteiger partial charge in [-0.3, -0.25) is 0 Å². The SMILES string of the molecule is CCCNc1ncnc(NC2CCCN(C)C2)c1C. The quantitative estimate of drug-likeness (QED) is 0.852. The van der Waals surface area contributed by atoms with Gasteiger partial charge in [0.1, 0.15) is 18.0 Å². The van der Waals surface area contributed by atoms with Crippen LogP contribution in [0.3, 0.4) is 0 Å². The summed E-state index contributed by atoms with van der Waals surface area (Å²) < 4.78 is 0. The fourth-order valence-electron chi connectivity index (χ4n) is 2.49. The Morgan fingerprint density at radius 2 is 2.16 bits per heavy atom. The van der Waals surface area contributed by atoms with Crippen LogP contribution >= 0.6 is 0 Å². The van der Waals surface area contributed by atoms with Crippen molar-refractivity contribution in [2.45, 2.75) is 39.2 Å². The molecular formula is C14H25N5. The van der Waals surface area contributed by atoms with E-state index in [-0.39, 0.29) is 0 Å². The average Bonchev–Trinajstić information content (AvgIpc) is 2.40. The fourth-order valence-corrected chi connectivity index (χ4v) is 2.49. The highest BCUT2D eigenvalue weighted by molar-refractivity contribution is 5.56. The smallest absolute Gasteiger partial charge is 0.134 e. The number of piperidine rings is 1. The molecule has 1 fully saturated rings. The van der Waals surface area contributed by atoms with E-state index in [0.717, 1.165) is 36.7 Å². The van der Waals surface area contributed by atoms with Gasteiger partial charge in [-0.15, -0.1) is 0 Å². The van der Waals surface area contributed by atoms with Crippen LogP contribution in [0, 0.1) is 6.92 Å². The van der Waals surface area contributed by atoms with Crippen molar-refractivity contribution in [2.75, 3.05) is 37.3 Å². The molecule has 19 heavy (non-hydrogen) atoms. The molecule has 0 amide bonds. The maximum atomic E-state index is 4.39. The number of likely N-dealkylation sites (tertiary alicyclic amines) is 1. The second-order valence-corrected chi connectivity index (χ2v) is 5.37. The highest BCUT2D eigenvalue weighted by Crippen LogP contribution is 2.21. The molecule has 0 bridgehead atoms. The summed E-state index contributed by atoms with van der Waals surface area (Å²) in [5, 5.41) is 6.91. The minimum Gasteiger partial charge on any atom is -0.370 e. The molecule has 5 nitrogen and oxygen atoms in total. The van der Waals surface area contributed by atoms with Crippen LogP contribution in [0.1, 0.15) is 31.7 Å². The number of likely N-dealkylation sites (N-methyl/N-ethyl adjacent to an activating group) is 1. The highest BCUT2D eigenvalue weighted by atomic mass is 15.2. The third-order valence-electron chi connectivity index (χ3n) is 3.59. The lowest BCUT2D eigenvalue weighted by Gasteiger charge is -2.31. The van der Waals surface area contributed by atoms with Crippen molar-refractivity contribution >= 4 is 11.6 Å². The lowest BCUT2D eigenvalue weighted by atomic mass is 10.1. The zero-order valence-electron chi connectivity index (χ0n) is 12.2. The summed E-state index contributed by atoms with van der Waals surface area (Å²) in [5.74, 6) is 1.91. The summed E-state index contributed by atoms with van der Waals surface area (Å²) in [6.45, 7) is 7.46. The van der Waals surface area contributed by atoms with Crippen LogP contribution < -0.4 is 10.6 Å². The Bertz CT molecular complexity index is 407. The molecule has 2 rings (SSSR count). The van der Waals surface area contributed by atoms with Gasteiger partial charge in [0.25, 0.3) is 0 Å². The van der Waals surface area contributed by atoms with Crippen LogP contribution in [-0.4, -0.2) is 47.6 Å². The molecule has 0 radical (unpaired) electrons. The van der Waals surface area contributed by atoms with Gasteiger partial charge in [-0.25, -0.2) is 9.97 Å². The number of nitrogens with one attached hydrogen (secondary N) is 2. The molecule has 0 spiro atoms. The van der Waals surface area contributed by atoms with Gasteiger partial charge in [0.05, 0.1) is 0 Å². The van der Waals surface area contributed by atoms with Crippen molar-refractivity contribution in [3.05, 3.63) is 11.9 Å². The first-order valence-electron chi connectivity index (χ1n) is 7.21. The van der Waals surface area contributed by atoms with Gasteiger partial charge in [-0.2, -0.15) is 0 Å². The number of anilines is 2. The van der Waals surface area contributed by atoms with E-state index in [0.29, 0.717) is 6.04 Å². The van der Waals surface area contributed by atoms with E-state index in [9.17, 15) is 0 Å². The average molecular weight is 263 g/mol. The Balaban J connectivity index is 2.03. The summed E-state index contributed by atoms with van der Waals surface area (Å²) >= 11 is 0. The van der Waals surface area contributed by atoms with Crippen molar-refractivity contribution in [1.29, 1.82) is 0 Å². The third kappa shape index (κ3) is 3.80. The number of hydrogen-bond donors (Lipinski definition) is 2. The largest absolute Gasteiger partial charge is 0.370 e. The van der Waals surface area contributed by atoms with Gasteiger partial charge in [-0.1, -0.05) is 6.92 Å². The van der Waals surface area contributed by atoms with Crippen LogP contribution in [0.25, 0.3) is 0 Å². The second-order valence-electron chi connectivity index (χ2n) is 5.37. The van der Waals surface area contributed by atoms with E-state index in [2.05, 4.69) is 46.4 Å². The first-order chi connectivity index (χ1) is 9.20. The summed E-state index contributed by atoms with van der Waals surface area (Å²) in [5.41, 5.74) is 1.11. The van der Waals surface area contributed by atoms with Crippen molar-refractivity contribution < 1.29 is 0 Å². The summed E-state index contributed by atoms with van der Waals surface area (Å²) in [6.07, 6.45) is 5.20. The topological polar surface area (TPSA) is 53.1 Å². The standard InChI is InChI=1S/C14H25N5/c1-4-7-15-13-11(2)14(17-10-16-13)18-12-6-5-8-19(3)9-12/h10,12H,4-9H2,1-3H3,(H2,15,16,17,18). The Hall–Kier alpha value is -1.36. The summed E-state index contributed by atoms with van der Waals surface area (Å²) in [4.78, 5) is 11.1. The van der Waals surface area contributed by atoms with Gasteiger partial charge in [0.2, 0.25) is 0 Å². The molecule has 1 atom stereocenters. The summed E-state index contributed by atoms with van der Waals surface area (Å²) in [6, 6.07) is 0.492. The molecule has 2 N–H and O–H groups in total. The predicted octanol–water partition coefficient (Wildman–Crippen LogP) is 2.11. The molecule has 0 aliphatic carbocycles. The van der Waals surface area contributed by atoms with Gasteiger partial charge in [0, 0.05) is 24.7 Å². The number of aromatic nitrogens is 2. The molecule has 1 aliphatic rings. The van der Waals surface area contributed by atoms with E-state index >= 15 is 0 Å².